The number of carbonyl (C=O) groups excluding carboxylic acids is 1. The van der Waals surface area contributed by atoms with E-state index in [1.54, 1.807) is 22.6 Å². The van der Waals surface area contributed by atoms with Crippen molar-refractivity contribution in [3.63, 3.8) is 0 Å². The molecule has 0 aliphatic rings. The van der Waals surface area contributed by atoms with Crippen LogP contribution in [0.2, 0.25) is 0 Å². The number of halogens is 4. The van der Waals surface area contributed by atoms with Crippen LogP contribution in [0, 0.1) is 3.57 Å². The monoisotopic (exact) mass is 345 g/mol. The number of rotatable bonds is 2. The van der Waals surface area contributed by atoms with Crippen molar-refractivity contribution in [3.8, 4) is 0 Å². The molecule has 1 aromatic heterocycles. The van der Waals surface area contributed by atoms with Crippen LogP contribution in [0.1, 0.15) is 11.1 Å². The minimum Gasteiger partial charge on any atom is -0.469 e. The summed E-state index contributed by atoms with van der Waals surface area (Å²) >= 11 is 1.71. The van der Waals surface area contributed by atoms with E-state index in [-0.39, 0.29) is 9.13 Å². The highest BCUT2D eigenvalue weighted by Crippen LogP contribution is 2.33. The van der Waals surface area contributed by atoms with E-state index in [0.717, 1.165) is 7.11 Å². The molecule has 0 aliphatic carbocycles. The molecule has 3 nitrogen and oxygen atoms in total. The zero-order valence-corrected chi connectivity index (χ0v) is 10.3. The quantitative estimate of drug-likeness (QED) is 0.611. The molecular formula is C9H7F3INO2. The van der Waals surface area contributed by atoms with Crippen LogP contribution in [0.3, 0.4) is 0 Å². The van der Waals surface area contributed by atoms with Crippen molar-refractivity contribution in [1.29, 1.82) is 0 Å². The van der Waals surface area contributed by atoms with Crippen LogP contribution < -0.4 is 0 Å². The summed E-state index contributed by atoms with van der Waals surface area (Å²) in [6, 6.07) is 0. The first kappa shape index (κ1) is 13.2. The van der Waals surface area contributed by atoms with E-state index in [1.807, 2.05) is 0 Å². The fourth-order valence-corrected chi connectivity index (χ4v) is 1.74. The van der Waals surface area contributed by atoms with Crippen molar-refractivity contribution in [2.45, 2.75) is 12.6 Å². The number of nitrogens with zero attached hydrogens (tertiary/aromatic N) is 1. The van der Waals surface area contributed by atoms with E-state index in [0.29, 0.717) is 6.20 Å². The van der Waals surface area contributed by atoms with Gasteiger partial charge in [-0.3, -0.25) is 9.78 Å². The number of esters is 1. The molecule has 0 fully saturated rings. The van der Waals surface area contributed by atoms with Gasteiger partial charge in [0.2, 0.25) is 0 Å². The lowest BCUT2D eigenvalue weighted by atomic mass is 10.1. The van der Waals surface area contributed by atoms with E-state index in [2.05, 4.69) is 9.72 Å². The van der Waals surface area contributed by atoms with Crippen LogP contribution in [0.15, 0.2) is 12.4 Å². The summed E-state index contributed by atoms with van der Waals surface area (Å²) in [6.07, 6.45) is -2.95. The number of hydrogen-bond acceptors (Lipinski definition) is 3. The second kappa shape index (κ2) is 4.98. The molecule has 16 heavy (non-hydrogen) atoms. The molecule has 7 heteroatoms. The minimum absolute atomic E-state index is 0.102. The van der Waals surface area contributed by atoms with Gasteiger partial charge in [-0.1, -0.05) is 0 Å². The molecule has 0 saturated carbocycles. The molecule has 0 N–H and O–H groups in total. The van der Waals surface area contributed by atoms with Gasteiger partial charge in [0.15, 0.2) is 0 Å². The maximum absolute atomic E-state index is 12.6. The highest BCUT2D eigenvalue weighted by molar-refractivity contribution is 14.1. The Morgan fingerprint density at radius 1 is 1.50 bits per heavy atom. The van der Waals surface area contributed by atoms with Gasteiger partial charge in [0.05, 0.1) is 19.1 Å². The molecule has 1 aromatic rings. The molecule has 0 saturated heterocycles. The number of methoxy groups -OCH3 is 1. The lowest BCUT2D eigenvalue weighted by Gasteiger charge is -2.12. The predicted octanol–water partition coefficient (Wildman–Crippen LogP) is 2.42. The third kappa shape index (κ3) is 3.06. The topological polar surface area (TPSA) is 39.2 Å². The normalized spacial score (nSPS) is 11.3. The van der Waals surface area contributed by atoms with Gasteiger partial charge in [0, 0.05) is 16.0 Å². The van der Waals surface area contributed by atoms with E-state index in [4.69, 9.17) is 0 Å². The summed E-state index contributed by atoms with van der Waals surface area (Å²) in [5.41, 5.74) is -1.00. The second-order valence-corrected chi connectivity index (χ2v) is 4.06. The Hall–Kier alpha value is -0.860. The van der Waals surface area contributed by atoms with Crippen molar-refractivity contribution in [2.24, 2.45) is 0 Å². The first-order valence-corrected chi connectivity index (χ1v) is 5.20. The molecule has 88 valence electrons. The van der Waals surface area contributed by atoms with Gasteiger partial charge in [-0.15, -0.1) is 0 Å². The molecular weight excluding hydrogens is 338 g/mol. The molecule has 0 amide bonds. The molecule has 0 atom stereocenters. The van der Waals surface area contributed by atoms with Crippen molar-refractivity contribution in [1.82, 2.24) is 4.98 Å². The molecule has 0 aromatic carbocycles. The number of pyridine rings is 1. The first-order valence-electron chi connectivity index (χ1n) is 4.12. The largest absolute Gasteiger partial charge is 0.469 e. The smallest absolute Gasteiger partial charge is 0.418 e. The lowest BCUT2D eigenvalue weighted by molar-refractivity contribution is -0.141. The molecule has 0 radical (unpaired) electrons. The summed E-state index contributed by atoms with van der Waals surface area (Å²) in [5, 5.41) is 0. The second-order valence-electron chi connectivity index (χ2n) is 2.90. The van der Waals surface area contributed by atoms with E-state index >= 15 is 0 Å². The molecule has 1 rings (SSSR count). The number of aromatic nitrogens is 1. The third-order valence-corrected chi connectivity index (χ3v) is 2.79. The van der Waals surface area contributed by atoms with Crippen LogP contribution in [-0.2, 0) is 22.1 Å². The lowest BCUT2D eigenvalue weighted by Crippen LogP contribution is -2.15. The first-order chi connectivity index (χ1) is 7.36. The number of ether oxygens (including phenoxy) is 1. The fraction of sp³-hybridized carbons (Fsp3) is 0.333. The van der Waals surface area contributed by atoms with Crippen molar-refractivity contribution < 1.29 is 22.7 Å². The average molecular weight is 345 g/mol. The summed E-state index contributed by atoms with van der Waals surface area (Å²) < 4.78 is 42.4. The molecule has 0 spiro atoms. The Labute approximate surface area is 103 Å². The van der Waals surface area contributed by atoms with E-state index in [9.17, 15) is 18.0 Å². The van der Waals surface area contributed by atoms with Crippen molar-refractivity contribution >= 4 is 28.6 Å². The van der Waals surface area contributed by atoms with Crippen molar-refractivity contribution in [2.75, 3.05) is 7.11 Å². The van der Waals surface area contributed by atoms with E-state index < -0.39 is 24.1 Å². The van der Waals surface area contributed by atoms with Gasteiger partial charge in [-0.25, -0.2) is 0 Å². The van der Waals surface area contributed by atoms with Gasteiger partial charge < -0.3 is 4.74 Å². The van der Waals surface area contributed by atoms with Crippen LogP contribution >= 0.6 is 22.6 Å². The number of alkyl halides is 3. The zero-order valence-electron chi connectivity index (χ0n) is 8.14. The van der Waals surface area contributed by atoms with Gasteiger partial charge in [-0.2, -0.15) is 13.2 Å². The maximum Gasteiger partial charge on any atom is 0.418 e. The Morgan fingerprint density at radius 2 is 2.12 bits per heavy atom. The van der Waals surface area contributed by atoms with Crippen LogP contribution in [0.25, 0.3) is 0 Å². The SMILES string of the molecule is COC(=O)Cc1c(I)cncc1C(F)(F)F. The minimum atomic E-state index is -4.52. The van der Waals surface area contributed by atoms with Crippen LogP contribution in [0.5, 0.6) is 0 Å². The predicted molar refractivity (Wildman–Crippen MR) is 57.7 cm³/mol. The summed E-state index contributed by atoms with van der Waals surface area (Å²) in [4.78, 5) is 14.5. The number of hydrogen-bond donors (Lipinski definition) is 0. The van der Waals surface area contributed by atoms with E-state index in [1.165, 1.54) is 6.20 Å². The van der Waals surface area contributed by atoms with Crippen molar-refractivity contribution in [3.05, 3.63) is 27.1 Å². The Kier molecular flexibility index (Phi) is 4.11. The summed E-state index contributed by atoms with van der Waals surface area (Å²) in [5.74, 6) is -0.713. The maximum atomic E-state index is 12.6. The van der Waals surface area contributed by atoms with Gasteiger partial charge in [0.25, 0.3) is 0 Å². The molecule has 0 unspecified atom stereocenters. The summed E-state index contributed by atoms with van der Waals surface area (Å²) in [6.45, 7) is 0. The zero-order chi connectivity index (χ0) is 12.3. The Balaban J connectivity index is 3.19. The van der Waals surface area contributed by atoms with Crippen LogP contribution in [-0.4, -0.2) is 18.1 Å². The average Bonchev–Trinajstić information content (AvgIpc) is 2.19. The fourth-order valence-electron chi connectivity index (χ4n) is 1.10. The Morgan fingerprint density at radius 3 is 2.62 bits per heavy atom. The Bertz CT molecular complexity index is 406. The van der Waals surface area contributed by atoms with Gasteiger partial charge >= 0.3 is 12.1 Å². The molecule has 0 aliphatic heterocycles. The van der Waals surface area contributed by atoms with Crippen LogP contribution in [0.4, 0.5) is 13.2 Å². The molecule has 0 bridgehead atoms. The van der Waals surface area contributed by atoms with Gasteiger partial charge in [-0.05, 0) is 28.2 Å². The highest BCUT2D eigenvalue weighted by atomic mass is 127. The summed E-state index contributed by atoms with van der Waals surface area (Å²) in [7, 11) is 1.13. The standard InChI is InChI=1S/C9H7F3INO2/c1-16-8(15)2-5-6(9(10,11)12)3-14-4-7(5)13/h3-4H,2H2,1H3. The molecule has 1 heterocycles. The third-order valence-electron chi connectivity index (χ3n) is 1.86. The highest BCUT2D eigenvalue weighted by Gasteiger charge is 2.35. The van der Waals surface area contributed by atoms with Gasteiger partial charge in [0.1, 0.15) is 0 Å². The number of carbonyl (C=O) groups is 1.